The van der Waals surface area contributed by atoms with Crippen molar-refractivity contribution in [2.24, 2.45) is 5.92 Å². The van der Waals surface area contributed by atoms with Crippen LogP contribution in [0.4, 0.5) is 31.0 Å². The van der Waals surface area contributed by atoms with Crippen LogP contribution in [-0.4, -0.2) is 72.3 Å². The van der Waals surface area contributed by atoms with Gasteiger partial charge in [0, 0.05) is 62.4 Å². The Bertz CT molecular complexity index is 1120. The smallest absolute Gasteiger partial charge is 0.321 e. The molecule has 2 aromatic rings. The molecule has 2 N–H and O–H groups in total. The van der Waals surface area contributed by atoms with Crippen molar-refractivity contribution in [2.45, 2.75) is 57.9 Å². The molecule has 0 radical (unpaired) electrons. The van der Waals surface area contributed by atoms with Crippen LogP contribution in [-0.2, 0) is 4.74 Å². The van der Waals surface area contributed by atoms with Crippen LogP contribution in [0.3, 0.4) is 0 Å². The van der Waals surface area contributed by atoms with Crippen molar-refractivity contribution in [1.29, 1.82) is 0 Å². The fourth-order valence-corrected chi connectivity index (χ4v) is 5.38. The molecule has 8 nitrogen and oxygen atoms in total. The molecular weight excluding hydrogens is 478 g/mol. The summed E-state index contributed by atoms with van der Waals surface area (Å²) < 4.78 is 33.1. The molecule has 2 atom stereocenters. The molecule has 0 bridgehead atoms. The maximum Gasteiger partial charge on any atom is 0.321 e. The second-order valence-electron chi connectivity index (χ2n) is 10.4. The number of hydrogen-bond acceptors (Lipinski definition) is 6. The number of aromatic nitrogens is 2. The van der Waals surface area contributed by atoms with Gasteiger partial charge in [-0.2, -0.15) is 4.98 Å². The van der Waals surface area contributed by atoms with Crippen molar-refractivity contribution in [3.8, 4) is 11.3 Å². The van der Waals surface area contributed by atoms with E-state index in [2.05, 4.69) is 27.4 Å². The molecule has 0 unspecified atom stereocenters. The summed E-state index contributed by atoms with van der Waals surface area (Å²) in [7, 11) is 0. The van der Waals surface area contributed by atoms with Gasteiger partial charge in [-0.15, -0.1) is 0 Å². The molecule has 1 saturated carbocycles. The largest absolute Gasteiger partial charge is 0.378 e. The van der Waals surface area contributed by atoms with E-state index in [1.807, 2.05) is 36.1 Å². The van der Waals surface area contributed by atoms with Crippen molar-refractivity contribution < 1.29 is 18.3 Å². The summed E-state index contributed by atoms with van der Waals surface area (Å²) in [6.07, 6.45) is 2.15. The van der Waals surface area contributed by atoms with Gasteiger partial charge in [-0.25, -0.2) is 18.6 Å². The van der Waals surface area contributed by atoms with E-state index >= 15 is 0 Å². The fourth-order valence-electron chi connectivity index (χ4n) is 5.38. The molecule has 1 aliphatic carbocycles. The molecule has 200 valence electrons. The number of anilines is 3. The van der Waals surface area contributed by atoms with Crippen LogP contribution in [0.5, 0.6) is 0 Å². The minimum atomic E-state index is -2.65. The molecule has 2 saturated heterocycles. The molecule has 1 aromatic carbocycles. The number of halogens is 2. The normalized spacial score (nSPS) is 23.4. The molecule has 3 fully saturated rings. The average Bonchev–Trinajstić information content (AvgIpc) is 3.51. The van der Waals surface area contributed by atoms with Gasteiger partial charge < -0.3 is 25.2 Å². The number of hydrogen-bond donors (Lipinski definition) is 2. The molecule has 2 amide bonds. The molecule has 5 rings (SSSR count). The van der Waals surface area contributed by atoms with Crippen molar-refractivity contribution in [2.75, 3.05) is 54.9 Å². The first-order valence-corrected chi connectivity index (χ1v) is 13.3. The van der Waals surface area contributed by atoms with Crippen molar-refractivity contribution in [1.82, 2.24) is 14.9 Å². The highest BCUT2D eigenvalue weighted by molar-refractivity contribution is 5.90. The van der Waals surface area contributed by atoms with E-state index in [0.717, 1.165) is 42.9 Å². The number of nitrogens with one attached hydrogen (secondary N) is 2. The number of nitrogens with zero attached hydrogens (tertiary/aromatic N) is 4. The Morgan fingerprint density at radius 1 is 1.16 bits per heavy atom. The summed E-state index contributed by atoms with van der Waals surface area (Å²) in [5, 5.41) is 6.21. The third-order valence-electron chi connectivity index (χ3n) is 7.70. The lowest BCUT2D eigenvalue weighted by Gasteiger charge is -2.28. The van der Waals surface area contributed by atoms with Crippen molar-refractivity contribution >= 4 is 23.5 Å². The highest BCUT2D eigenvalue weighted by Gasteiger charge is 2.39. The number of ether oxygens (including phenoxy) is 1. The Morgan fingerprint density at radius 3 is 2.68 bits per heavy atom. The van der Waals surface area contributed by atoms with Crippen LogP contribution in [0.25, 0.3) is 11.3 Å². The Balaban J connectivity index is 1.41. The Labute approximate surface area is 216 Å². The third-order valence-corrected chi connectivity index (χ3v) is 7.70. The topological polar surface area (TPSA) is 82.6 Å². The lowest BCUT2D eigenvalue weighted by atomic mass is 10.0. The van der Waals surface area contributed by atoms with Crippen molar-refractivity contribution in [3.05, 3.63) is 29.8 Å². The predicted octanol–water partition coefficient (Wildman–Crippen LogP) is 5.15. The number of carbonyl (C=O) groups excluding carboxylic acids is 1. The molecule has 0 spiro atoms. The van der Waals surface area contributed by atoms with Gasteiger partial charge in [0.25, 0.3) is 0 Å². The maximum absolute atomic E-state index is 13.8. The molecule has 3 heterocycles. The summed E-state index contributed by atoms with van der Waals surface area (Å²) in [4.78, 5) is 26.3. The predicted molar refractivity (Wildman–Crippen MR) is 140 cm³/mol. The number of alkyl halides is 2. The van der Waals surface area contributed by atoms with E-state index in [0.29, 0.717) is 56.0 Å². The van der Waals surface area contributed by atoms with Crippen LogP contribution < -0.4 is 15.5 Å². The SMILES string of the molecule is CC[C@@H]1CCN(C(=O)Nc2ccc(C)c(-c3cc(N4CCOCC4)nc(N[C@@H]4CCC(F)(F)C4)n3)c2)C1. The standard InChI is InChI=1S/C27H36F2N6O2/c1-3-19-7-9-35(17-19)26(36)31-20-5-4-18(2)22(14-20)23-15-24(34-10-12-37-13-11-34)33-25(32-23)30-21-6-8-27(28,29)16-21/h4-5,14-15,19,21H,3,6-13,16-17H2,1-2H3,(H,31,36)(H,30,32,33)/t19-,21-/m1/s1. The maximum atomic E-state index is 13.8. The van der Waals surface area contributed by atoms with Gasteiger partial charge >= 0.3 is 6.03 Å². The number of carbonyl (C=O) groups is 1. The van der Waals surface area contributed by atoms with Gasteiger partial charge in [-0.1, -0.05) is 19.4 Å². The monoisotopic (exact) mass is 514 g/mol. The van der Waals surface area contributed by atoms with E-state index in [-0.39, 0.29) is 24.9 Å². The Morgan fingerprint density at radius 2 is 1.97 bits per heavy atom. The molecular formula is C27H36F2N6O2. The molecule has 10 heteroatoms. The van der Waals surface area contributed by atoms with E-state index in [9.17, 15) is 13.6 Å². The first-order valence-electron chi connectivity index (χ1n) is 13.3. The lowest BCUT2D eigenvalue weighted by Crippen LogP contribution is -2.37. The van der Waals surface area contributed by atoms with Crippen LogP contribution in [0.2, 0.25) is 0 Å². The van der Waals surface area contributed by atoms with Gasteiger partial charge in [0.05, 0.1) is 18.9 Å². The first kappa shape index (κ1) is 25.6. The number of morpholine rings is 1. The molecule has 2 aliphatic heterocycles. The summed E-state index contributed by atoms with van der Waals surface area (Å²) in [5.41, 5.74) is 3.24. The fraction of sp³-hybridized carbons (Fsp3) is 0.593. The second kappa shape index (κ2) is 10.8. The third kappa shape index (κ3) is 6.11. The van der Waals surface area contributed by atoms with Gasteiger partial charge in [0.15, 0.2) is 0 Å². The zero-order valence-electron chi connectivity index (χ0n) is 21.6. The number of urea groups is 1. The summed E-state index contributed by atoms with van der Waals surface area (Å²) in [6, 6.07) is 7.26. The quantitative estimate of drug-likeness (QED) is 0.555. The van der Waals surface area contributed by atoms with Crippen LogP contribution >= 0.6 is 0 Å². The first-order chi connectivity index (χ1) is 17.8. The number of benzene rings is 1. The van der Waals surface area contributed by atoms with Gasteiger partial charge in [-0.05, 0) is 43.4 Å². The number of likely N-dealkylation sites (tertiary alicyclic amines) is 1. The zero-order chi connectivity index (χ0) is 26.0. The Kier molecular flexibility index (Phi) is 7.46. The molecule has 1 aromatic heterocycles. The van der Waals surface area contributed by atoms with E-state index in [4.69, 9.17) is 9.72 Å². The summed E-state index contributed by atoms with van der Waals surface area (Å²) in [6.45, 7) is 8.31. The van der Waals surface area contributed by atoms with Gasteiger partial charge in [0.2, 0.25) is 11.9 Å². The van der Waals surface area contributed by atoms with Crippen LogP contribution in [0, 0.1) is 12.8 Å². The van der Waals surface area contributed by atoms with E-state index in [1.54, 1.807) is 0 Å². The summed E-state index contributed by atoms with van der Waals surface area (Å²) >= 11 is 0. The highest BCUT2D eigenvalue weighted by atomic mass is 19.3. The van der Waals surface area contributed by atoms with Gasteiger partial charge in [-0.3, -0.25) is 0 Å². The molecule has 37 heavy (non-hydrogen) atoms. The second-order valence-corrected chi connectivity index (χ2v) is 10.4. The number of rotatable bonds is 6. The van der Waals surface area contributed by atoms with Gasteiger partial charge in [0.1, 0.15) is 5.82 Å². The van der Waals surface area contributed by atoms with E-state index in [1.165, 1.54) is 0 Å². The summed E-state index contributed by atoms with van der Waals surface area (Å²) in [5.74, 6) is -1.02. The van der Waals surface area contributed by atoms with Crippen LogP contribution in [0.1, 0.15) is 44.6 Å². The number of aryl methyl sites for hydroxylation is 1. The van der Waals surface area contributed by atoms with Crippen molar-refractivity contribution in [3.63, 3.8) is 0 Å². The highest BCUT2D eigenvalue weighted by Crippen LogP contribution is 2.36. The number of amides is 2. The Hall–Kier alpha value is -3.01. The average molecular weight is 515 g/mol. The minimum absolute atomic E-state index is 0.0908. The lowest BCUT2D eigenvalue weighted by molar-refractivity contribution is 0.00851. The zero-order valence-corrected chi connectivity index (χ0v) is 21.6. The molecule has 3 aliphatic rings. The minimum Gasteiger partial charge on any atom is -0.378 e. The van der Waals surface area contributed by atoms with Crippen LogP contribution in [0.15, 0.2) is 24.3 Å². The van der Waals surface area contributed by atoms with E-state index < -0.39 is 5.92 Å².